The third-order valence-electron chi connectivity index (χ3n) is 4.15. The minimum absolute atomic E-state index is 0.0531. The van der Waals surface area contributed by atoms with Gasteiger partial charge in [-0.3, -0.25) is 4.79 Å². The van der Waals surface area contributed by atoms with E-state index in [9.17, 15) is 9.90 Å². The molecule has 118 valence electrons. The lowest BCUT2D eigenvalue weighted by atomic mass is 9.95. The van der Waals surface area contributed by atoms with Crippen LogP contribution in [0.15, 0.2) is 24.3 Å². The summed E-state index contributed by atoms with van der Waals surface area (Å²) in [6.07, 6.45) is 10.4. The average Bonchev–Trinajstić information content (AvgIpc) is 2.78. The van der Waals surface area contributed by atoms with Gasteiger partial charge in [-0.1, -0.05) is 25.2 Å². The Morgan fingerprint density at radius 3 is 2.68 bits per heavy atom. The molecule has 1 amide bonds. The Morgan fingerprint density at radius 1 is 1.27 bits per heavy atom. The highest BCUT2D eigenvalue weighted by atomic mass is 16.5. The van der Waals surface area contributed by atoms with Crippen LogP contribution in [0, 0.1) is 18.3 Å². The number of ether oxygens (including phenoxy) is 1. The summed E-state index contributed by atoms with van der Waals surface area (Å²) in [5.41, 5.74) is 0.592. The number of benzene rings is 1. The molecule has 2 atom stereocenters. The fourth-order valence-corrected chi connectivity index (χ4v) is 2.87. The number of terminal acetylenes is 1. The molecule has 1 aromatic rings. The molecule has 1 fully saturated rings. The van der Waals surface area contributed by atoms with Crippen molar-refractivity contribution in [3.8, 4) is 18.1 Å². The molecule has 1 aliphatic rings. The van der Waals surface area contributed by atoms with Gasteiger partial charge in [0.1, 0.15) is 12.4 Å². The summed E-state index contributed by atoms with van der Waals surface area (Å²) in [6.45, 7) is 0.343. The molecule has 0 saturated heterocycles. The second kappa shape index (κ2) is 8.45. The molecule has 1 aromatic carbocycles. The van der Waals surface area contributed by atoms with Crippen LogP contribution in [0.3, 0.4) is 0 Å². The molecule has 2 unspecified atom stereocenters. The van der Waals surface area contributed by atoms with E-state index >= 15 is 0 Å². The minimum Gasteiger partial charge on any atom is -0.481 e. The van der Waals surface area contributed by atoms with Crippen molar-refractivity contribution in [1.82, 2.24) is 5.32 Å². The minimum atomic E-state index is -0.103. The van der Waals surface area contributed by atoms with Crippen molar-refractivity contribution >= 4 is 5.91 Å². The average molecular weight is 301 g/mol. The van der Waals surface area contributed by atoms with Gasteiger partial charge >= 0.3 is 0 Å². The summed E-state index contributed by atoms with van der Waals surface area (Å²) in [6, 6.07) is 6.99. The summed E-state index contributed by atoms with van der Waals surface area (Å²) in [5.74, 6) is 3.10. The predicted molar refractivity (Wildman–Crippen MR) is 85.7 cm³/mol. The Kier molecular flexibility index (Phi) is 6.29. The van der Waals surface area contributed by atoms with Crippen molar-refractivity contribution < 1.29 is 14.6 Å². The fraction of sp³-hybridized carbons (Fsp3) is 0.500. The molecule has 0 aliphatic heterocycles. The van der Waals surface area contributed by atoms with Crippen molar-refractivity contribution in [2.75, 3.05) is 13.2 Å². The van der Waals surface area contributed by atoms with E-state index in [-0.39, 0.29) is 31.1 Å². The van der Waals surface area contributed by atoms with E-state index in [2.05, 4.69) is 11.2 Å². The molecule has 0 aromatic heterocycles. The summed E-state index contributed by atoms with van der Waals surface area (Å²) in [5, 5.41) is 12.6. The van der Waals surface area contributed by atoms with Gasteiger partial charge in [0, 0.05) is 24.1 Å². The van der Waals surface area contributed by atoms with Crippen molar-refractivity contribution in [3.63, 3.8) is 0 Å². The molecular formula is C18H23NO3. The maximum Gasteiger partial charge on any atom is 0.251 e. The number of rotatable bonds is 5. The molecule has 0 bridgehead atoms. The van der Waals surface area contributed by atoms with E-state index in [4.69, 9.17) is 11.2 Å². The lowest BCUT2D eigenvalue weighted by Gasteiger charge is -2.24. The first-order chi connectivity index (χ1) is 10.7. The summed E-state index contributed by atoms with van der Waals surface area (Å²) < 4.78 is 5.29. The zero-order valence-electron chi connectivity index (χ0n) is 12.8. The lowest BCUT2D eigenvalue weighted by Crippen LogP contribution is -2.41. The van der Waals surface area contributed by atoms with Gasteiger partial charge in [0.2, 0.25) is 0 Å². The molecule has 0 heterocycles. The Morgan fingerprint density at radius 2 is 2.00 bits per heavy atom. The molecule has 22 heavy (non-hydrogen) atoms. The van der Waals surface area contributed by atoms with E-state index in [1.165, 1.54) is 6.42 Å². The van der Waals surface area contributed by atoms with Gasteiger partial charge in [0.05, 0.1) is 0 Å². The Balaban J connectivity index is 1.97. The van der Waals surface area contributed by atoms with Gasteiger partial charge in [0.25, 0.3) is 5.91 Å². The van der Waals surface area contributed by atoms with Crippen LogP contribution in [-0.2, 0) is 0 Å². The maximum absolute atomic E-state index is 12.3. The van der Waals surface area contributed by atoms with Crippen LogP contribution in [0.25, 0.3) is 0 Å². The third kappa shape index (κ3) is 4.51. The van der Waals surface area contributed by atoms with Crippen molar-refractivity contribution in [1.29, 1.82) is 0 Å². The van der Waals surface area contributed by atoms with Crippen LogP contribution in [0.2, 0.25) is 0 Å². The van der Waals surface area contributed by atoms with Crippen molar-refractivity contribution in [3.05, 3.63) is 29.8 Å². The molecule has 2 rings (SSSR count). The summed E-state index contributed by atoms with van der Waals surface area (Å²) in [7, 11) is 0. The van der Waals surface area contributed by atoms with E-state index in [1.54, 1.807) is 24.3 Å². The number of hydrogen-bond donors (Lipinski definition) is 2. The fourth-order valence-electron chi connectivity index (χ4n) is 2.87. The summed E-state index contributed by atoms with van der Waals surface area (Å²) >= 11 is 0. The van der Waals surface area contributed by atoms with Crippen LogP contribution >= 0.6 is 0 Å². The number of aliphatic hydroxyl groups excluding tert-OH is 1. The smallest absolute Gasteiger partial charge is 0.251 e. The van der Waals surface area contributed by atoms with Gasteiger partial charge in [-0.05, 0) is 37.1 Å². The Hall–Kier alpha value is -1.99. The first-order valence-electron chi connectivity index (χ1n) is 7.82. The van der Waals surface area contributed by atoms with E-state index in [1.807, 2.05) is 0 Å². The van der Waals surface area contributed by atoms with Crippen LogP contribution in [-0.4, -0.2) is 30.3 Å². The monoisotopic (exact) mass is 301 g/mol. The number of hydrogen-bond acceptors (Lipinski definition) is 3. The van der Waals surface area contributed by atoms with Crippen molar-refractivity contribution in [2.24, 2.45) is 5.92 Å². The van der Waals surface area contributed by atoms with E-state index in [0.29, 0.717) is 11.3 Å². The number of nitrogens with one attached hydrogen (secondary N) is 1. The predicted octanol–water partition coefficient (Wildman–Crippen LogP) is 2.37. The molecule has 0 spiro atoms. The van der Waals surface area contributed by atoms with Gasteiger partial charge < -0.3 is 15.2 Å². The van der Waals surface area contributed by atoms with E-state index < -0.39 is 0 Å². The zero-order chi connectivity index (χ0) is 15.8. The van der Waals surface area contributed by atoms with E-state index in [0.717, 1.165) is 25.7 Å². The number of carbonyl (C=O) groups is 1. The molecule has 4 nitrogen and oxygen atoms in total. The van der Waals surface area contributed by atoms with Crippen LogP contribution in [0.5, 0.6) is 5.75 Å². The molecule has 1 saturated carbocycles. The highest BCUT2D eigenvalue weighted by Crippen LogP contribution is 2.23. The summed E-state index contributed by atoms with van der Waals surface area (Å²) in [4.78, 5) is 12.3. The third-order valence-corrected chi connectivity index (χ3v) is 4.15. The second-order valence-corrected chi connectivity index (χ2v) is 5.68. The first kappa shape index (κ1) is 16.4. The lowest BCUT2D eigenvalue weighted by molar-refractivity contribution is 0.0899. The molecule has 4 heteroatoms. The molecular weight excluding hydrogens is 278 g/mol. The van der Waals surface area contributed by atoms with Crippen LogP contribution < -0.4 is 10.1 Å². The molecule has 1 aliphatic carbocycles. The van der Waals surface area contributed by atoms with Crippen LogP contribution in [0.4, 0.5) is 0 Å². The molecule has 2 N–H and O–H groups in total. The van der Waals surface area contributed by atoms with Gasteiger partial charge in [0.15, 0.2) is 0 Å². The number of carbonyl (C=O) groups excluding carboxylic acids is 1. The quantitative estimate of drug-likeness (QED) is 0.648. The van der Waals surface area contributed by atoms with Crippen LogP contribution in [0.1, 0.15) is 42.5 Å². The Bertz CT molecular complexity index is 518. The SMILES string of the molecule is C#CCOc1ccc(C(=O)NC2CCCCCC2CO)cc1. The number of aliphatic hydroxyl groups is 1. The number of amides is 1. The highest BCUT2D eigenvalue weighted by molar-refractivity contribution is 5.94. The topological polar surface area (TPSA) is 58.6 Å². The Labute approximate surface area is 131 Å². The van der Waals surface area contributed by atoms with Crippen molar-refractivity contribution in [2.45, 2.75) is 38.1 Å². The standard InChI is InChI=1S/C18H23NO3/c1-2-12-22-16-10-8-14(9-11-16)18(21)19-17-7-5-3-4-6-15(17)13-20/h1,8-11,15,17,20H,3-7,12-13H2,(H,19,21). The highest BCUT2D eigenvalue weighted by Gasteiger charge is 2.24. The van der Waals surface area contributed by atoms with Gasteiger partial charge in [-0.15, -0.1) is 6.42 Å². The van der Waals surface area contributed by atoms with Gasteiger partial charge in [-0.2, -0.15) is 0 Å². The molecule has 0 radical (unpaired) electrons. The first-order valence-corrected chi connectivity index (χ1v) is 7.82. The largest absolute Gasteiger partial charge is 0.481 e. The zero-order valence-corrected chi connectivity index (χ0v) is 12.8. The van der Waals surface area contributed by atoms with Gasteiger partial charge in [-0.25, -0.2) is 0 Å². The maximum atomic E-state index is 12.3. The normalized spacial score (nSPS) is 21.5. The second-order valence-electron chi connectivity index (χ2n) is 5.68.